The molecule has 3 rings (SSSR count). The average molecular weight is 649 g/mol. The Morgan fingerprint density at radius 1 is 0.660 bits per heavy atom. The van der Waals surface area contributed by atoms with Crippen molar-refractivity contribution >= 4 is 23.9 Å². The van der Waals surface area contributed by atoms with E-state index in [9.17, 15) is 23.6 Å². The van der Waals surface area contributed by atoms with Gasteiger partial charge in [-0.1, -0.05) is 13.2 Å². The summed E-state index contributed by atoms with van der Waals surface area (Å²) in [6.07, 6.45) is 4.93. The summed E-state index contributed by atoms with van der Waals surface area (Å²) in [5, 5.41) is 0. The third-order valence-electron chi connectivity index (χ3n) is 6.35. The zero-order valence-corrected chi connectivity index (χ0v) is 26.2. The second-order valence-corrected chi connectivity index (χ2v) is 10.2. The number of hydrogen-bond acceptors (Lipinski definition) is 10. The third kappa shape index (κ3) is 12.8. The van der Waals surface area contributed by atoms with Crippen molar-refractivity contribution < 1.29 is 52.0 Å². The van der Waals surface area contributed by atoms with Crippen molar-refractivity contribution in [1.29, 1.82) is 0 Å². The summed E-state index contributed by atoms with van der Waals surface area (Å²) in [6, 6.07) is 15.9. The van der Waals surface area contributed by atoms with Crippen molar-refractivity contribution in [3.63, 3.8) is 0 Å². The molecule has 11 heteroatoms. The van der Waals surface area contributed by atoms with E-state index in [1.54, 1.807) is 31.2 Å². The SMILES string of the molecule is C=CC(=O)OCCCOc1ccc(C(=O)Oc2ccc(OC(=O)c3ccc(OCCCCCCOC(=O)C(=C)C)cc3)cc2F)cc1. The van der Waals surface area contributed by atoms with E-state index in [-0.39, 0.29) is 41.8 Å². The second kappa shape index (κ2) is 19.2. The van der Waals surface area contributed by atoms with E-state index >= 15 is 0 Å². The molecule has 47 heavy (non-hydrogen) atoms. The van der Waals surface area contributed by atoms with E-state index in [0.717, 1.165) is 37.8 Å². The summed E-state index contributed by atoms with van der Waals surface area (Å²) >= 11 is 0. The molecule has 0 unspecified atom stereocenters. The second-order valence-electron chi connectivity index (χ2n) is 10.2. The molecule has 0 aliphatic carbocycles. The molecule has 10 nitrogen and oxygen atoms in total. The first-order chi connectivity index (χ1) is 22.7. The summed E-state index contributed by atoms with van der Waals surface area (Å²) < 4.78 is 46.3. The fraction of sp³-hybridized carbons (Fsp3) is 0.278. The summed E-state index contributed by atoms with van der Waals surface area (Å²) in [7, 11) is 0. The summed E-state index contributed by atoms with van der Waals surface area (Å²) in [4.78, 5) is 47.4. The molecule has 0 saturated carbocycles. The lowest BCUT2D eigenvalue weighted by Gasteiger charge is -2.10. The lowest BCUT2D eigenvalue weighted by molar-refractivity contribution is -0.139. The van der Waals surface area contributed by atoms with Gasteiger partial charge in [-0.2, -0.15) is 0 Å². The van der Waals surface area contributed by atoms with Gasteiger partial charge in [-0.3, -0.25) is 0 Å². The van der Waals surface area contributed by atoms with Gasteiger partial charge in [0, 0.05) is 24.1 Å². The number of carbonyl (C=O) groups excluding carboxylic acids is 4. The van der Waals surface area contributed by atoms with Crippen LogP contribution >= 0.6 is 0 Å². The Balaban J connectivity index is 1.38. The Hall–Kier alpha value is -5.45. The van der Waals surface area contributed by atoms with Gasteiger partial charge in [0.25, 0.3) is 0 Å². The molecule has 0 bridgehead atoms. The molecular formula is C36H37FO10. The van der Waals surface area contributed by atoms with Gasteiger partial charge >= 0.3 is 23.9 Å². The van der Waals surface area contributed by atoms with Crippen molar-refractivity contribution in [3.8, 4) is 23.0 Å². The van der Waals surface area contributed by atoms with Crippen molar-refractivity contribution in [2.45, 2.75) is 39.0 Å². The van der Waals surface area contributed by atoms with Crippen LogP contribution in [0.3, 0.4) is 0 Å². The number of rotatable bonds is 19. The van der Waals surface area contributed by atoms with Crippen LogP contribution in [0.4, 0.5) is 4.39 Å². The Kier molecular flexibility index (Phi) is 14.7. The molecule has 0 atom stereocenters. The quantitative estimate of drug-likeness (QED) is 0.0592. The maximum Gasteiger partial charge on any atom is 0.343 e. The van der Waals surface area contributed by atoms with Gasteiger partial charge in [0.05, 0.1) is 37.6 Å². The first-order valence-corrected chi connectivity index (χ1v) is 15.0. The normalized spacial score (nSPS) is 10.3. The van der Waals surface area contributed by atoms with E-state index in [2.05, 4.69) is 13.2 Å². The lowest BCUT2D eigenvalue weighted by Crippen LogP contribution is -2.11. The predicted octanol–water partition coefficient (Wildman–Crippen LogP) is 6.82. The van der Waals surface area contributed by atoms with Crippen LogP contribution in [0.2, 0.25) is 0 Å². The fourth-order valence-corrected chi connectivity index (χ4v) is 3.84. The maximum atomic E-state index is 14.7. The molecule has 248 valence electrons. The average Bonchev–Trinajstić information content (AvgIpc) is 3.07. The fourth-order valence-electron chi connectivity index (χ4n) is 3.84. The van der Waals surface area contributed by atoms with Crippen LogP contribution in [0.5, 0.6) is 23.0 Å². The van der Waals surface area contributed by atoms with Crippen LogP contribution in [0.25, 0.3) is 0 Å². The van der Waals surface area contributed by atoms with Gasteiger partial charge in [-0.25, -0.2) is 23.6 Å². The highest BCUT2D eigenvalue weighted by Crippen LogP contribution is 2.25. The van der Waals surface area contributed by atoms with E-state index in [1.165, 1.54) is 36.4 Å². The van der Waals surface area contributed by atoms with Crippen LogP contribution in [0.15, 0.2) is 91.5 Å². The molecule has 0 heterocycles. The van der Waals surface area contributed by atoms with Gasteiger partial charge in [0.15, 0.2) is 11.6 Å². The molecule has 0 saturated heterocycles. The molecule has 0 fully saturated rings. The lowest BCUT2D eigenvalue weighted by atomic mass is 10.2. The third-order valence-corrected chi connectivity index (χ3v) is 6.35. The number of unbranched alkanes of at least 4 members (excludes halogenated alkanes) is 3. The summed E-state index contributed by atoms with van der Waals surface area (Å²) in [5.74, 6) is -2.60. The molecule has 0 aromatic heterocycles. The van der Waals surface area contributed by atoms with Crippen LogP contribution in [-0.2, 0) is 19.1 Å². The number of esters is 4. The molecule has 0 amide bonds. The van der Waals surface area contributed by atoms with Crippen LogP contribution in [-0.4, -0.2) is 50.3 Å². The molecular weight excluding hydrogens is 611 g/mol. The van der Waals surface area contributed by atoms with E-state index in [0.29, 0.717) is 36.7 Å². The first-order valence-electron chi connectivity index (χ1n) is 15.0. The minimum atomic E-state index is -0.891. The van der Waals surface area contributed by atoms with Gasteiger partial charge in [0.1, 0.15) is 17.2 Å². The van der Waals surface area contributed by atoms with Crippen LogP contribution < -0.4 is 18.9 Å². The number of carbonyl (C=O) groups is 4. The maximum absolute atomic E-state index is 14.7. The molecule has 0 aliphatic heterocycles. The number of halogens is 1. The number of benzene rings is 3. The molecule has 3 aromatic rings. The Bertz CT molecular complexity index is 1530. The van der Waals surface area contributed by atoms with Gasteiger partial charge in [-0.05, 0) is 93.3 Å². The van der Waals surface area contributed by atoms with Gasteiger partial charge < -0.3 is 28.4 Å². The van der Waals surface area contributed by atoms with Crippen LogP contribution in [0, 0.1) is 5.82 Å². The minimum Gasteiger partial charge on any atom is -0.494 e. The van der Waals surface area contributed by atoms with Gasteiger partial charge in [-0.15, -0.1) is 0 Å². The van der Waals surface area contributed by atoms with E-state index < -0.39 is 23.7 Å². The van der Waals surface area contributed by atoms with E-state index in [4.69, 9.17) is 28.4 Å². The zero-order valence-electron chi connectivity index (χ0n) is 26.2. The van der Waals surface area contributed by atoms with Crippen molar-refractivity contribution in [2.75, 3.05) is 26.4 Å². The molecule has 3 aromatic carbocycles. The number of ether oxygens (including phenoxy) is 6. The molecule has 0 N–H and O–H groups in total. The Morgan fingerprint density at radius 2 is 1.17 bits per heavy atom. The summed E-state index contributed by atoms with van der Waals surface area (Å²) in [6.45, 7) is 9.79. The van der Waals surface area contributed by atoms with E-state index in [1.807, 2.05) is 0 Å². The highest BCUT2D eigenvalue weighted by Gasteiger charge is 2.15. The molecule has 0 spiro atoms. The zero-order chi connectivity index (χ0) is 34.0. The summed E-state index contributed by atoms with van der Waals surface area (Å²) in [5.41, 5.74) is 0.785. The Labute approximate surface area is 272 Å². The monoisotopic (exact) mass is 648 g/mol. The molecule has 0 radical (unpaired) electrons. The topological polar surface area (TPSA) is 124 Å². The Morgan fingerprint density at radius 3 is 1.72 bits per heavy atom. The van der Waals surface area contributed by atoms with Crippen molar-refractivity contribution in [1.82, 2.24) is 0 Å². The van der Waals surface area contributed by atoms with Crippen molar-refractivity contribution in [3.05, 3.63) is 108 Å². The van der Waals surface area contributed by atoms with Crippen LogP contribution in [0.1, 0.15) is 59.7 Å². The number of hydrogen-bond donors (Lipinski definition) is 0. The smallest absolute Gasteiger partial charge is 0.343 e. The largest absolute Gasteiger partial charge is 0.494 e. The van der Waals surface area contributed by atoms with Gasteiger partial charge in [0.2, 0.25) is 0 Å². The standard InChI is InChI=1S/C36H37FO10/c1-4-33(38)44-23-9-22-43-29-16-12-27(13-17-29)36(41)47-32-19-18-30(24-31(32)37)46-35(40)26-10-14-28(15-11-26)42-20-7-5-6-8-21-45-34(39)25(2)3/h4,10-19,24H,1-2,5-9,20-23H2,3H3. The van der Waals surface area contributed by atoms with Crippen molar-refractivity contribution in [2.24, 2.45) is 0 Å². The molecule has 0 aliphatic rings. The minimum absolute atomic E-state index is 0.0669. The highest BCUT2D eigenvalue weighted by atomic mass is 19.1. The predicted molar refractivity (Wildman–Crippen MR) is 170 cm³/mol. The highest BCUT2D eigenvalue weighted by molar-refractivity contribution is 5.92. The first kappa shape index (κ1) is 36.0.